The molecule has 1 unspecified atom stereocenters. The second kappa shape index (κ2) is 6.02. The van der Waals surface area contributed by atoms with Crippen LogP contribution in [0.1, 0.15) is 26.7 Å². The highest BCUT2D eigenvalue weighted by atomic mass is 79.9. The minimum absolute atomic E-state index is 0.0590. The number of hydrogen-bond acceptors (Lipinski definition) is 2. The van der Waals surface area contributed by atoms with Crippen molar-refractivity contribution in [3.63, 3.8) is 0 Å². The number of benzene rings is 1. The predicted octanol–water partition coefficient (Wildman–Crippen LogP) is 3.74. The van der Waals surface area contributed by atoms with Gasteiger partial charge in [0.1, 0.15) is 17.7 Å². The Balaban J connectivity index is 1.99. The molecule has 0 bridgehead atoms. The molecule has 2 nitrogen and oxygen atoms in total. The zero-order valence-corrected chi connectivity index (χ0v) is 12.3. The Kier molecular flexibility index (Phi) is 4.62. The van der Waals surface area contributed by atoms with Gasteiger partial charge >= 0.3 is 0 Å². The van der Waals surface area contributed by atoms with Gasteiger partial charge in [-0.25, -0.2) is 4.39 Å². The van der Waals surface area contributed by atoms with Crippen LogP contribution in [-0.4, -0.2) is 18.7 Å². The molecule has 0 saturated heterocycles. The van der Waals surface area contributed by atoms with Crippen LogP contribution in [0.15, 0.2) is 22.7 Å². The van der Waals surface area contributed by atoms with Gasteiger partial charge in [-0.1, -0.05) is 13.8 Å². The van der Waals surface area contributed by atoms with Crippen LogP contribution in [0, 0.1) is 11.7 Å². The van der Waals surface area contributed by atoms with Crippen molar-refractivity contribution in [1.29, 1.82) is 0 Å². The fraction of sp³-hybridized carbons (Fsp3) is 0.571. The third-order valence-electron chi connectivity index (χ3n) is 3.10. The Hall–Kier alpha value is -0.610. The molecular weight excluding hydrogens is 297 g/mol. The van der Waals surface area contributed by atoms with E-state index in [0.717, 1.165) is 11.0 Å². The molecule has 0 radical (unpaired) electrons. The van der Waals surface area contributed by atoms with Gasteiger partial charge in [-0.3, -0.25) is 0 Å². The lowest BCUT2D eigenvalue weighted by Crippen LogP contribution is -2.36. The number of ether oxygens (including phenoxy) is 1. The Morgan fingerprint density at radius 1 is 1.44 bits per heavy atom. The van der Waals surface area contributed by atoms with Crippen molar-refractivity contribution in [3.8, 4) is 5.75 Å². The third-order valence-corrected chi connectivity index (χ3v) is 3.76. The molecule has 2 rings (SSSR count). The summed E-state index contributed by atoms with van der Waals surface area (Å²) >= 11 is 3.39. The molecule has 1 fully saturated rings. The van der Waals surface area contributed by atoms with E-state index in [9.17, 15) is 4.39 Å². The zero-order valence-electron chi connectivity index (χ0n) is 10.7. The van der Waals surface area contributed by atoms with Crippen LogP contribution in [0.25, 0.3) is 0 Å². The summed E-state index contributed by atoms with van der Waals surface area (Å²) in [6.07, 6.45) is 2.58. The molecule has 4 heteroatoms. The molecule has 1 N–H and O–H groups in total. The number of halogens is 2. The van der Waals surface area contributed by atoms with Crippen molar-refractivity contribution in [1.82, 2.24) is 5.32 Å². The maximum atomic E-state index is 13.2. The van der Waals surface area contributed by atoms with E-state index in [1.165, 1.54) is 25.0 Å². The Morgan fingerprint density at radius 3 is 2.78 bits per heavy atom. The summed E-state index contributed by atoms with van der Waals surface area (Å²) < 4.78 is 19.9. The molecule has 0 amide bonds. The van der Waals surface area contributed by atoms with E-state index < -0.39 is 0 Å². The van der Waals surface area contributed by atoms with Gasteiger partial charge in [0.15, 0.2) is 0 Å². The Labute approximate surface area is 116 Å². The summed E-state index contributed by atoms with van der Waals surface area (Å²) in [5, 5.41) is 3.46. The minimum atomic E-state index is -0.272. The molecule has 0 spiro atoms. The van der Waals surface area contributed by atoms with E-state index >= 15 is 0 Å². The standard InChI is InChI=1S/C14H19BrFNO/c1-9(2)14(8-17-11-4-5-11)18-13-7-10(16)3-6-12(13)15/h3,6-7,9,11,14,17H,4-5,8H2,1-2H3. The van der Waals surface area contributed by atoms with E-state index in [0.29, 0.717) is 17.7 Å². The summed E-state index contributed by atoms with van der Waals surface area (Å²) in [6.45, 7) is 5.05. The van der Waals surface area contributed by atoms with Gasteiger partial charge in [0.2, 0.25) is 0 Å². The summed E-state index contributed by atoms with van der Waals surface area (Å²) in [7, 11) is 0. The Bertz CT molecular complexity index is 407. The molecular formula is C14H19BrFNO. The lowest BCUT2D eigenvalue weighted by atomic mass is 10.1. The highest BCUT2D eigenvalue weighted by molar-refractivity contribution is 9.10. The molecule has 0 aromatic heterocycles. The Morgan fingerprint density at radius 2 is 2.17 bits per heavy atom. The molecule has 1 aromatic rings. The summed E-state index contributed by atoms with van der Waals surface area (Å²) in [6, 6.07) is 5.18. The van der Waals surface area contributed by atoms with Crippen molar-refractivity contribution in [3.05, 3.63) is 28.5 Å². The molecule has 0 heterocycles. The third kappa shape index (κ3) is 3.95. The van der Waals surface area contributed by atoms with Gasteiger partial charge < -0.3 is 10.1 Å². The number of nitrogens with one attached hydrogen (secondary N) is 1. The molecule has 1 atom stereocenters. The average Bonchev–Trinajstić information content (AvgIpc) is 3.12. The van der Waals surface area contributed by atoms with Crippen molar-refractivity contribution in [2.24, 2.45) is 5.92 Å². The molecule has 100 valence electrons. The molecule has 1 aliphatic rings. The van der Waals surface area contributed by atoms with Crippen molar-refractivity contribution in [2.45, 2.75) is 38.8 Å². The van der Waals surface area contributed by atoms with Gasteiger partial charge in [0.25, 0.3) is 0 Å². The van der Waals surface area contributed by atoms with Crippen LogP contribution < -0.4 is 10.1 Å². The van der Waals surface area contributed by atoms with Crippen molar-refractivity contribution in [2.75, 3.05) is 6.54 Å². The molecule has 1 saturated carbocycles. The minimum Gasteiger partial charge on any atom is -0.488 e. The van der Waals surface area contributed by atoms with Crippen LogP contribution in [0.5, 0.6) is 5.75 Å². The van der Waals surface area contributed by atoms with Gasteiger partial charge in [-0.2, -0.15) is 0 Å². The quantitative estimate of drug-likeness (QED) is 0.863. The average molecular weight is 316 g/mol. The van der Waals surface area contributed by atoms with Crippen LogP contribution in [-0.2, 0) is 0 Å². The van der Waals surface area contributed by atoms with Crippen molar-refractivity contribution < 1.29 is 9.13 Å². The van der Waals surface area contributed by atoms with Gasteiger partial charge in [-0.15, -0.1) is 0 Å². The van der Waals surface area contributed by atoms with Crippen LogP contribution in [0.4, 0.5) is 4.39 Å². The first kappa shape index (κ1) is 13.8. The monoisotopic (exact) mass is 315 g/mol. The van der Waals surface area contributed by atoms with E-state index in [4.69, 9.17) is 4.74 Å². The topological polar surface area (TPSA) is 21.3 Å². The maximum absolute atomic E-state index is 13.2. The van der Waals surface area contributed by atoms with E-state index in [1.807, 2.05) is 0 Å². The van der Waals surface area contributed by atoms with E-state index in [1.54, 1.807) is 6.07 Å². The predicted molar refractivity (Wildman–Crippen MR) is 74.4 cm³/mol. The number of hydrogen-bond donors (Lipinski definition) is 1. The van der Waals surface area contributed by atoms with Crippen LogP contribution >= 0.6 is 15.9 Å². The normalized spacial score (nSPS) is 16.9. The van der Waals surface area contributed by atoms with Gasteiger partial charge in [0.05, 0.1) is 4.47 Å². The van der Waals surface area contributed by atoms with E-state index in [2.05, 4.69) is 35.1 Å². The first-order chi connectivity index (χ1) is 8.56. The van der Waals surface area contributed by atoms with Gasteiger partial charge in [-0.05, 0) is 46.8 Å². The zero-order chi connectivity index (χ0) is 13.1. The summed E-state index contributed by atoms with van der Waals surface area (Å²) in [5.41, 5.74) is 0. The fourth-order valence-corrected chi connectivity index (χ4v) is 2.05. The SMILES string of the molecule is CC(C)C(CNC1CC1)Oc1cc(F)ccc1Br. The lowest BCUT2D eigenvalue weighted by molar-refractivity contribution is 0.147. The summed E-state index contributed by atoms with van der Waals surface area (Å²) in [4.78, 5) is 0. The number of rotatable bonds is 6. The highest BCUT2D eigenvalue weighted by Crippen LogP contribution is 2.28. The lowest BCUT2D eigenvalue weighted by Gasteiger charge is -2.23. The first-order valence-corrected chi connectivity index (χ1v) is 7.20. The molecule has 1 aromatic carbocycles. The largest absolute Gasteiger partial charge is 0.488 e. The van der Waals surface area contributed by atoms with Crippen LogP contribution in [0.2, 0.25) is 0 Å². The molecule has 18 heavy (non-hydrogen) atoms. The fourth-order valence-electron chi connectivity index (χ4n) is 1.71. The smallest absolute Gasteiger partial charge is 0.136 e. The van der Waals surface area contributed by atoms with Crippen molar-refractivity contribution >= 4 is 15.9 Å². The second-order valence-corrected chi connectivity index (χ2v) is 6.01. The second-order valence-electron chi connectivity index (χ2n) is 5.16. The first-order valence-electron chi connectivity index (χ1n) is 6.41. The molecule has 1 aliphatic carbocycles. The highest BCUT2D eigenvalue weighted by Gasteiger charge is 2.24. The summed E-state index contributed by atoms with van der Waals surface area (Å²) in [5.74, 6) is 0.684. The van der Waals surface area contributed by atoms with E-state index in [-0.39, 0.29) is 11.9 Å². The maximum Gasteiger partial charge on any atom is 0.136 e. The molecule has 0 aliphatic heterocycles. The van der Waals surface area contributed by atoms with Gasteiger partial charge in [0, 0.05) is 18.7 Å². The van der Waals surface area contributed by atoms with Crippen LogP contribution in [0.3, 0.4) is 0 Å².